The lowest BCUT2D eigenvalue weighted by Gasteiger charge is -2.24. The van der Waals surface area contributed by atoms with Crippen molar-refractivity contribution in [3.8, 4) is 0 Å². The van der Waals surface area contributed by atoms with E-state index in [0.717, 1.165) is 6.08 Å². The van der Waals surface area contributed by atoms with E-state index in [0.29, 0.717) is 12.6 Å². The highest BCUT2D eigenvalue weighted by Gasteiger charge is 2.29. The first-order valence-electron chi connectivity index (χ1n) is 3.82. The zero-order chi connectivity index (χ0) is 10.5. The number of rotatable bonds is 5. The van der Waals surface area contributed by atoms with Gasteiger partial charge in [0, 0.05) is 5.41 Å². The summed E-state index contributed by atoms with van der Waals surface area (Å²) in [6.07, 6.45) is 2.22. The van der Waals surface area contributed by atoms with E-state index in [2.05, 4.69) is 11.9 Å². The van der Waals surface area contributed by atoms with Gasteiger partial charge in [0.1, 0.15) is 12.6 Å². The van der Waals surface area contributed by atoms with Crippen LogP contribution < -0.4 is 5.32 Å². The molecule has 0 aromatic heterocycles. The molecule has 0 spiro atoms. The van der Waals surface area contributed by atoms with Gasteiger partial charge in [0.25, 0.3) is 0 Å². The highest BCUT2D eigenvalue weighted by Crippen LogP contribution is 2.15. The third kappa shape index (κ3) is 3.19. The van der Waals surface area contributed by atoms with Crippen LogP contribution in [0, 0.1) is 5.41 Å². The van der Waals surface area contributed by atoms with Crippen molar-refractivity contribution < 1.29 is 14.4 Å². The van der Waals surface area contributed by atoms with Crippen LogP contribution in [0.3, 0.4) is 0 Å². The Morgan fingerprint density at radius 3 is 2.31 bits per heavy atom. The molecule has 0 bridgehead atoms. The van der Waals surface area contributed by atoms with Gasteiger partial charge in [-0.1, -0.05) is 20.4 Å². The number of hydrogen-bond acceptors (Lipinski definition) is 3. The van der Waals surface area contributed by atoms with Crippen molar-refractivity contribution in [2.75, 3.05) is 0 Å². The topological polar surface area (TPSA) is 63.2 Å². The van der Waals surface area contributed by atoms with Crippen LogP contribution >= 0.6 is 0 Å². The Labute approximate surface area is 77.0 Å². The van der Waals surface area contributed by atoms with E-state index in [1.54, 1.807) is 13.8 Å². The molecule has 1 unspecified atom stereocenters. The Bertz CT molecular complexity index is 233. The highest BCUT2D eigenvalue weighted by molar-refractivity contribution is 5.90. The molecule has 4 heteroatoms. The van der Waals surface area contributed by atoms with Crippen LogP contribution in [-0.4, -0.2) is 24.5 Å². The molecule has 0 aliphatic rings. The lowest BCUT2D eigenvalue weighted by atomic mass is 9.87. The Morgan fingerprint density at radius 2 is 2.00 bits per heavy atom. The lowest BCUT2D eigenvalue weighted by Crippen LogP contribution is -2.46. The zero-order valence-electron chi connectivity index (χ0n) is 7.74. The fourth-order valence-electron chi connectivity index (χ4n) is 0.681. The molecule has 72 valence electrons. The minimum atomic E-state index is -0.888. The van der Waals surface area contributed by atoms with Gasteiger partial charge in [0.05, 0.1) is 6.04 Å². The molecule has 1 amide bonds. The van der Waals surface area contributed by atoms with E-state index in [1.807, 2.05) is 0 Å². The molecule has 4 nitrogen and oxygen atoms in total. The van der Waals surface area contributed by atoms with Crippen molar-refractivity contribution in [3.63, 3.8) is 0 Å². The van der Waals surface area contributed by atoms with E-state index >= 15 is 0 Å². The summed E-state index contributed by atoms with van der Waals surface area (Å²) >= 11 is 0. The molecule has 1 N–H and O–H groups in total. The van der Waals surface area contributed by atoms with Crippen LogP contribution in [0.15, 0.2) is 12.7 Å². The summed E-state index contributed by atoms with van der Waals surface area (Å²) in [5.41, 5.74) is -0.888. The van der Waals surface area contributed by atoms with Crippen LogP contribution in [0.5, 0.6) is 0 Å². The van der Waals surface area contributed by atoms with E-state index in [1.165, 1.54) is 0 Å². The molecule has 0 saturated heterocycles. The number of nitrogens with one attached hydrogen (secondary N) is 1. The van der Waals surface area contributed by atoms with Crippen LogP contribution in [0.4, 0.5) is 0 Å². The largest absolute Gasteiger partial charge is 0.342 e. The molecule has 0 aromatic carbocycles. The molecule has 0 saturated carbocycles. The number of hydrogen-bond donors (Lipinski definition) is 1. The second kappa shape index (κ2) is 4.54. The molecule has 0 rings (SSSR count). The van der Waals surface area contributed by atoms with Gasteiger partial charge in [-0.25, -0.2) is 0 Å². The molecule has 0 heterocycles. The second-order valence-electron chi connectivity index (χ2n) is 3.27. The maximum absolute atomic E-state index is 10.8. The van der Waals surface area contributed by atoms with E-state index in [9.17, 15) is 14.4 Å². The number of aldehydes is 2. The summed E-state index contributed by atoms with van der Waals surface area (Å²) in [6, 6.07) is -0.810. The predicted molar refractivity (Wildman–Crippen MR) is 48.0 cm³/mol. The molecule has 0 radical (unpaired) electrons. The number of amides is 1. The van der Waals surface area contributed by atoms with Crippen LogP contribution in [0.2, 0.25) is 0 Å². The Morgan fingerprint density at radius 1 is 1.46 bits per heavy atom. The molecular weight excluding hydrogens is 170 g/mol. The van der Waals surface area contributed by atoms with Crippen molar-refractivity contribution in [3.05, 3.63) is 12.7 Å². The van der Waals surface area contributed by atoms with Crippen molar-refractivity contribution in [2.45, 2.75) is 19.9 Å². The fourth-order valence-corrected chi connectivity index (χ4v) is 0.681. The summed E-state index contributed by atoms with van der Waals surface area (Å²) in [7, 11) is 0. The van der Waals surface area contributed by atoms with Gasteiger partial charge in [-0.3, -0.25) is 4.79 Å². The van der Waals surface area contributed by atoms with Gasteiger partial charge in [-0.15, -0.1) is 0 Å². The molecule has 0 fully saturated rings. The van der Waals surface area contributed by atoms with Gasteiger partial charge in [0.15, 0.2) is 0 Å². The lowest BCUT2D eigenvalue weighted by molar-refractivity contribution is -0.125. The summed E-state index contributed by atoms with van der Waals surface area (Å²) in [5, 5.41) is 2.35. The molecule has 1 atom stereocenters. The highest BCUT2D eigenvalue weighted by atomic mass is 16.2. The normalized spacial score (nSPS) is 12.8. The Kier molecular flexibility index (Phi) is 4.04. The maximum Gasteiger partial charge on any atom is 0.243 e. The first-order chi connectivity index (χ1) is 5.97. The number of carbonyl (C=O) groups is 3. The van der Waals surface area contributed by atoms with Gasteiger partial charge in [-0.05, 0) is 6.08 Å². The quantitative estimate of drug-likeness (QED) is 0.485. The Hall–Kier alpha value is -1.45. The third-order valence-corrected chi connectivity index (χ3v) is 1.72. The van der Waals surface area contributed by atoms with Crippen molar-refractivity contribution >= 4 is 18.5 Å². The molecule has 0 aromatic rings. The SMILES string of the molecule is C=CC(=O)NC(C=O)C(C)(C)C=O. The summed E-state index contributed by atoms with van der Waals surface area (Å²) < 4.78 is 0. The summed E-state index contributed by atoms with van der Waals surface area (Å²) in [6.45, 7) is 6.38. The van der Waals surface area contributed by atoms with Crippen molar-refractivity contribution in [1.82, 2.24) is 5.32 Å². The molecule has 0 aliphatic carbocycles. The standard InChI is InChI=1S/C9H13NO3/c1-4-8(13)10-7(5-11)9(2,3)6-12/h4-7H,1H2,2-3H3,(H,10,13). The molecule has 13 heavy (non-hydrogen) atoms. The zero-order valence-corrected chi connectivity index (χ0v) is 7.74. The maximum atomic E-state index is 10.8. The van der Waals surface area contributed by atoms with Crippen molar-refractivity contribution in [1.29, 1.82) is 0 Å². The van der Waals surface area contributed by atoms with Crippen molar-refractivity contribution in [2.24, 2.45) is 5.41 Å². The second-order valence-corrected chi connectivity index (χ2v) is 3.27. The van der Waals surface area contributed by atoms with E-state index in [4.69, 9.17) is 0 Å². The van der Waals surface area contributed by atoms with Gasteiger partial charge in [-0.2, -0.15) is 0 Å². The average molecular weight is 183 g/mol. The fraction of sp³-hybridized carbons (Fsp3) is 0.444. The number of carbonyl (C=O) groups excluding carboxylic acids is 3. The molecular formula is C9H13NO3. The van der Waals surface area contributed by atoms with E-state index in [-0.39, 0.29) is 0 Å². The van der Waals surface area contributed by atoms with Crippen LogP contribution in [0.1, 0.15) is 13.8 Å². The molecule has 0 aliphatic heterocycles. The minimum absolute atomic E-state index is 0.466. The first-order valence-corrected chi connectivity index (χ1v) is 3.82. The van der Waals surface area contributed by atoms with Gasteiger partial charge < -0.3 is 14.9 Å². The third-order valence-electron chi connectivity index (χ3n) is 1.72. The predicted octanol–water partition coefficient (Wildman–Crippen LogP) is 0.0812. The average Bonchev–Trinajstić information content (AvgIpc) is 2.13. The first kappa shape index (κ1) is 11.6. The Balaban J connectivity index is 4.51. The smallest absolute Gasteiger partial charge is 0.243 e. The van der Waals surface area contributed by atoms with Crippen LogP contribution in [0.25, 0.3) is 0 Å². The monoisotopic (exact) mass is 183 g/mol. The van der Waals surface area contributed by atoms with Crippen LogP contribution in [-0.2, 0) is 14.4 Å². The van der Waals surface area contributed by atoms with Gasteiger partial charge in [0.2, 0.25) is 5.91 Å². The van der Waals surface area contributed by atoms with Gasteiger partial charge >= 0.3 is 0 Å². The summed E-state index contributed by atoms with van der Waals surface area (Å²) in [5.74, 6) is -0.466. The summed E-state index contributed by atoms with van der Waals surface area (Å²) in [4.78, 5) is 32.0. The van der Waals surface area contributed by atoms with E-state index < -0.39 is 17.4 Å². The minimum Gasteiger partial charge on any atom is -0.342 e.